The van der Waals surface area contributed by atoms with Gasteiger partial charge in [-0.2, -0.15) is 0 Å². The van der Waals surface area contributed by atoms with Gasteiger partial charge in [-0.15, -0.1) is 11.3 Å². The summed E-state index contributed by atoms with van der Waals surface area (Å²) in [6.07, 6.45) is 1.36. The molecule has 0 saturated heterocycles. The number of carbonyl (C=O) groups is 1. The van der Waals surface area contributed by atoms with Crippen molar-refractivity contribution in [1.82, 2.24) is 4.98 Å². The Balaban J connectivity index is 2.00. The Kier molecular flexibility index (Phi) is 3.87. The van der Waals surface area contributed by atoms with E-state index >= 15 is 0 Å². The number of aryl methyl sites for hydroxylation is 1. The molecule has 2 heterocycles. The van der Waals surface area contributed by atoms with Crippen molar-refractivity contribution in [3.8, 4) is 0 Å². The van der Waals surface area contributed by atoms with Gasteiger partial charge >= 0.3 is 5.91 Å². The Bertz CT molecular complexity index is 667. The summed E-state index contributed by atoms with van der Waals surface area (Å²) in [6, 6.07) is 9.38. The maximum absolute atomic E-state index is 12.7. The third-order valence-electron chi connectivity index (χ3n) is 2.88. The van der Waals surface area contributed by atoms with Crippen LogP contribution >= 0.6 is 11.3 Å². The van der Waals surface area contributed by atoms with Gasteiger partial charge in [0, 0.05) is 5.38 Å². The van der Waals surface area contributed by atoms with E-state index in [1.165, 1.54) is 22.5 Å². The second kappa shape index (κ2) is 5.97. The van der Waals surface area contributed by atoms with Gasteiger partial charge in [0.2, 0.25) is 5.76 Å². The van der Waals surface area contributed by atoms with E-state index in [0.29, 0.717) is 18.3 Å². The minimum absolute atomic E-state index is 0.193. The van der Waals surface area contributed by atoms with Crippen LogP contribution < -0.4 is 4.90 Å². The van der Waals surface area contributed by atoms with Crippen molar-refractivity contribution in [2.24, 2.45) is 0 Å². The van der Waals surface area contributed by atoms with Gasteiger partial charge < -0.3 is 9.47 Å². The molecular weight excluding hydrogens is 288 g/mol. The summed E-state index contributed by atoms with van der Waals surface area (Å²) in [5, 5.41) is 2.52. The Labute approximate surface area is 126 Å². The second-order valence-corrected chi connectivity index (χ2v) is 5.29. The zero-order valence-corrected chi connectivity index (χ0v) is 12.3. The van der Waals surface area contributed by atoms with Gasteiger partial charge in [-0.25, -0.2) is 9.88 Å². The number of ether oxygens (including phenoxy) is 2. The molecule has 0 bridgehead atoms. The van der Waals surface area contributed by atoms with Gasteiger partial charge in [-0.05, 0) is 19.1 Å². The van der Waals surface area contributed by atoms with Gasteiger partial charge in [0.15, 0.2) is 5.13 Å². The SMILES string of the molecule is Cc1csc(N(C(=O)C2=COCCO2)c2ccccc2)n1. The van der Waals surface area contributed by atoms with Crippen LogP contribution in [0.1, 0.15) is 5.69 Å². The van der Waals surface area contributed by atoms with Crippen LogP contribution in [0.3, 0.4) is 0 Å². The van der Waals surface area contributed by atoms with Gasteiger partial charge in [-0.3, -0.25) is 4.79 Å². The topological polar surface area (TPSA) is 51.7 Å². The van der Waals surface area contributed by atoms with Crippen LogP contribution in [-0.2, 0) is 14.3 Å². The predicted molar refractivity (Wildman–Crippen MR) is 80.4 cm³/mol. The van der Waals surface area contributed by atoms with Crippen molar-refractivity contribution in [2.45, 2.75) is 6.92 Å². The molecule has 3 rings (SSSR count). The number of aromatic nitrogens is 1. The number of hydrogen-bond acceptors (Lipinski definition) is 5. The van der Waals surface area contributed by atoms with Crippen molar-refractivity contribution in [3.05, 3.63) is 53.4 Å². The largest absolute Gasteiger partial charge is 0.494 e. The molecule has 1 aromatic heterocycles. The van der Waals surface area contributed by atoms with Crippen LogP contribution in [0.15, 0.2) is 47.7 Å². The first-order chi connectivity index (χ1) is 10.3. The molecule has 0 saturated carbocycles. The Morgan fingerprint density at radius 1 is 1.29 bits per heavy atom. The van der Waals surface area contributed by atoms with Crippen molar-refractivity contribution >= 4 is 28.1 Å². The first-order valence-electron chi connectivity index (χ1n) is 6.52. The highest BCUT2D eigenvalue weighted by atomic mass is 32.1. The van der Waals surface area contributed by atoms with Crippen molar-refractivity contribution in [3.63, 3.8) is 0 Å². The fourth-order valence-electron chi connectivity index (χ4n) is 1.93. The third kappa shape index (κ3) is 2.90. The van der Waals surface area contributed by atoms with E-state index in [0.717, 1.165) is 11.4 Å². The van der Waals surface area contributed by atoms with E-state index in [1.807, 2.05) is 42.6 Å². The Hall–Kier alpha value is -2.34. The third-order valence-corrected chi connectivity index (χ3v) is 3.82. The highest BCUT2D eigenvalue weighted by molar-refractivity contribution is 7.14. The lowest BCUT2D eigenvalue weighted by Gasteiger charge is -2.23. The number of hydrogen-bond donors (Lipinski definition) is 0. The standard InChI is InChI=1S/C15H14N2O3S/c1-11-10-21-15(16-11)17(12-5-3-2-4-6-12)14(18)13-9-19-7-8-20-13/h2-6,9-10H,7-8H2,1H3. The average Bonchev–Trinajstić information content (AvgIpc) is 2.95. The van der Waals surface area contributed by atoms with E-state index in [1.54, 1.807) is 0 Å². The zero-order valence-electron chi connectivity index (χ0n) is 11.5. The molecule has 1 amide bonds. The van der Waals surface area contributed by atoms with Crippen LogP contribution in [-0.4, -0.2) is 24.1 Å². The number of para-hydroxylation sites is 1. The van der Waals surface area contributed by atoms with E-state index < -0.39 is 0 Å². The molecule has 1 aliphatic rings. The normalized spacial score (nSPS) is 13.9. The van der Waals surface area contributed by atoms with E-state index in [4.69, 9.17) is 9.47 Å². The number of nitrogens with zero attached hydrogens (tertiary/aromatic N) is 2. The number of rotatable bonds is 3. The fourth-order valence-corrected chi connectivity index (χ4v) is 2.75. The molecule has 0 atom stereocenters. The highest BCUT2D eigenvalue weighted by Crippen LogP contribution is 2.30. The van der Waals surface area contributed by atoms with Crippen molar-refractivity contribution in [2.75, 3.05) is 18.1 Å². The molecule has 0 fully saturated rings. The van der Waals surface area contributed by atoms with Gasteiger partial charge in [-0.1, -0.05) is 18.2 Å². The van der Waals surface area contributed by atoms with E-state index in [9.17, 15) is 4.79 Å². The van der Waals surface area contributed by atoms with Gasteiger partial charge in [0.05, 0.1) is 11.4 Å². The maximum atomic E-state index is 12.7. The fraction of sp³-hybridized carbons (Fsp3) is 0.200. The molecule has 0 aliphatic carbocycles. The summed E-state index contributed by atoms with van der Waals surface area (Å²) in [5.41, 5.74) is 1.62. The quantitative estimate of drug-likeness (QED) is 0.874. The number of anilines is 2. The first kappa shape index (κ1) is 13.6. The Morgan fingerprint density at radius 2 is 2.10 bits per heavy atom. The minimum Gasteiger partial charge on any atom is -0.494 e. The van der Waals surface area contributed by atoms with Gasteiger partial charge in [0.1, 0.15) is 19.5 Å². The molecule has 0 radical (unpaired) electrons. The summed E-state index contributed by atoms with van der Waals surface area (Å²) in [4.78, 5) is 18.7. The molecule has 1 aliphatic heterocycles. The molecule has 5 nitrogen and oxygen atoms in total. The smallest absolute Gasteiger partial charge is 0.302 e. The van der Waals surface area contributed by atoms with Crippen molar-refractivity contribution < 1.29 is 14.3 Å². The lowest BCUT2D eigenvalue weighted by atomic mass is 10.3. The predicted octanol–water partition coefficient (Wildman–Crippen LogP) is 3.00. The molecule has 0 N–H and O–H groups in total. The summed E-state index contributed by atoms with van der Waals surface area (Å²) < 4.78 is 10.6. The molecule has 108 valence electrons. The second-order valence-electron chi connectivity index (χ2n) is 4.45. The monoisotopic (exact) mass is 302 g/mol. The molecular formula is C15H14N2O3S. The molecule has 6 heteroatoms. The zero-order chi connectivity index (χ0) is 14.7. The number of amides is 1. The highest BCUT2D eigenvalue weighted by Gasteiger charge is 2.26. The molecule has 0 unspecified atom stereocenters. The van der Waals surface area contributed by atoms with Crippen LogP contribution in [0, 0.1) is 6.92 Å². The minimum atomic E-state index is -0.282. The lowest BCUT2D eigenvalue weighted by Crippen LogP contribution is -2.30. The summed E-state index contributed by atoms with van der Waals surface area (Å²) >= 11 is 1.42. The molecule has 2 aromatic rings. The Morgan fingerprint density at radius 3 is 2.71 bits per heavy atom. The summed E-state index contributed by atoms with van der Waals surface area (Å²) in [6.45, 7) is 2.72. The van der Waals surface area contributed by atoms with Crippen molar-refractivity contribution in [1.29, 1.82) is 0 Å². The summed E-state index contributed by atoms with van der Waals surface area (Å²) in [7, 11) is 0. The average molecular weight is 302 g/mol. The molecule has 0 spiro atoms. The van der Waals surface area contributed by atoms with Gasteiger partial charge in [0.25, 0.3) is 0 Å². The van der Waals surface area contributed by atoms with E-state index in [2.05, 4.69) is 4.98 Å². The van der Waals surface area contributed by atoms with Crippen LogP contribution in [0.5, 0.6) is 0 Å². The number of carbonyl (C=O) groups excluding carboxylic acids is 1. The van der Waals surface area contributed by atoms with Crippen LogP contribution in [0.25, 0.3) is 0 Å². The van der Waals surface area contributed by atoms with Crippen LogP contribution in [0.2, 0.25) is 0 Å². The molecule has 1 aromatic carbocycles. The maximum Gasteiger partial charge on any atom is 0.302 e. The van der Waals surface area contributed by atoms with Crippen LogP contribution in [0.4, 0.5) is 10.8 Å². The number of thiazole rings is 1. The molecule has 21 heavy (non-hydrogen) atoms. The lowest BCUT2D eigenvalue weighted by molar-refractivity contribution is -0.119. The summed E-state index contributed by atoms with van der Waals surface area (Å²) in [5.74, 6) is -0.0896. The number of benzene rings is 1. The van der Waals surface area contributed by atoms with E-state index in [-0.39, 0.29) is 11.7 Å². The first-order valence-corrected chi connectivity index (χ1v) is 7.40.